The summed E-state index contributed by atoms with van der Waals surface area (Å²) in [5, 5.41) is 2.64. The van der Waals surface area contributed by atoms with Crippen LogP contribution in [-0.4, -0.2) is 22.7 Å². The lowest BCUT2D eigenvalue weighted by Crippen LogP contribution is -2.15. The third kappa shape index (κ3) is 3.18. The molecule has 1 aromatic rings. The van der Waals surface area contributed by atoms with Crippen molar-refractivity contribution >= 4 is 23.6 Å². The molecule has 0 aliphatic rings. The van der Waals surface area contributed by atoms with Crippen LogP contribution in [0.5, 0.6) is 0 Å². The van der Waals surface area contributed by atoms with Gasteiger partial charge in [-0.25, -0.2) is 14.8 Å². The minimum absolute atomic E-state index is 0.147. The van der Waals surface area contributed by atoms with E-state index in [9.17, 15) is 4.79 Å². The first-order valence-corrected chi connectivity index (χ1v) is 4.44. The maximum Gasteiger partial charge on any atom is 0.414 e. The van der Waals surface area contributed by atoms with Gasteiger partial charge < -0.3 is 4.74 Å². The Morgan fingerprint density at radius 2 is 2.36 bits per heavy atom. The van der Waals surface area contributed by atoms with Crippen molar-refractivity contribution in [1.82, 2.24) is 9.97 Å². The van der Waals surface area contributed by atoms with Gasteiger partial charge in [0.2, 0.25) is 5.95 Å². The average Bonchev–Trinajstić information content (AvgIpc) is 2.01. The van der Waals surface area contributed by atoms with Crippen molar-refractivity contribution < 1.29 is 9.53 Å². The van der Waals surface area contributed by atoms with E-state index < -0.39 is 6.09 Å². The summed E-state index contributed by atoms with van der Waals surface area (Å²) in [5.74, 6) is 0.147. The third-order valence-corrected chi connectivity index (χ3v) is 1.51. The standard InChI is InChI=1S/C8H10ClN3O2/c1-3-14-8(13)12-7-10-5(2)4-6(9)11-7/h4H,3H2,1-2H3,(H,10,11,12,13). The van der Waals surface area contributed by atoms with Gasteiger partial charge >= 0.3 is 6.09 Å². The number of anilines is 1. The minimum Gasteiger partial charge on any atom is -0.450 e. The Labute approximate surface area is 86.5 Å². The Kier molecular flexibility index (Phi) is 3.64. The molecule has 1 rings (SSSR count). The van der Waals surface area contributed by atoms with E-state index in [4.69, 9.17) is 11.6 Å². The highest BCUT2D eigenvalue weighted by atomic mass is 35.5. The molecule has 5 nitrogen and oxygen atoms in total. The maximum absolute atomic E-state index is 11.0. The van der Waals surface area contributed by atoms with Crippen LogP contribution in [0.3, 0.4) is 0 Å². The maximum atomic E-state index is 11.0. The molecule has 6 heteroatoms. The van der Waals surface area contributed by atoms with Crippen LogP contribution < -0.4 is 5.32 Å². The smallest absolute Gasteiger partial charge is 0.414 e. The highest BCUT2D eigenvalue weighted by Gasteiger charge is 2.05. The number of aromatic nitrogens is 2. The molecule has 0 saturated carbocycles. The first kappa shape index (κ1) is 10.7. The molecule has 0 radical (unpaired) electrons. The molecule has 0 fully saturated rings. The van der Waals surface area contributed by atoms with E-state index >= 15 is 0 Å². The lowest BCUT2D eigenvalue weighted by Gasteiger charge is -2.04. The third-order valence-electron chi connectivity index (χ3n) is 1.31. The highest BCUT2D eigenvalue weighted by molar-refractivity contribution is 6.29. The van der Waals surface area contributed by atoms with Gasteiger partial charge in [0.05, 0.1) is 6.61 Å². The largest absolute Gasteiger partial charge is 0.450 e. The zero-order valence-corrected chi connectivity index (χ0v) is 8.63. The van der Waals surface area contributed by atoms with Crippen LogP contribution in [0.25, 0.3) is 0 Å². The summed E-state index contributed by atoms with van der Waals surface area (Å²) in [6, 6.07) is 1.60. The van der Waals surface area contributed by atoms with Crippen LogP contribution in [0.1, 0.15) is 12.6 Å². The fourth-order valence-electron chi connectivity index (χ4n) is 0.844. The molecule has 1 N–H and O–H groups in total. The number of amides is 1. The number of ether oxygens (including phenoxy) is 1. The SMILES string of the molecule is CCOC(=O)Nc1nc(C)cc(Cl)n1. The zero-order valence-electron chi connectivity index (χ0n) is 7.87. The van der Waals surface area contributed by atoms with E-state index in [1.807, 2.05) is 0 Å². The number of aryl methyl sites for hydroxylation is 1. The molecule has 76 valence electrons. The fourth-order valence-corrected chi connectivity index (χ4v) is 1.08. The lowest BCUT2D eigenvalue weighted by atomic mass is 10.5. The second-order valence-corrected chi connectivity index (χ2v) is 2.89. The molecular weight excluding hydrogens is 206 g/mol. The Morgan fingerprint density at radius 1 is 1.64 bits per heavy atom. The number of carbonyl (C=O) groups is 1. The van der Waals surface area contributed by atoms with Gasteiger partial charge in [0.15, 0.2) is 0 Å². The van der Waals surface area contributed by atoms with Crippen molar-refractivity contribution in [3.8, 4) is 0 Å². The van der Waals surface area contributed by atoms with Gasteiger partial charge in [-0.1, -0.05) is 11.6 Å². The van der Waals surface area contributed by atoms with Gasteiger partial charge in [0.25, 0.3) is 0 Å². The lowest BCUT2D eigenvalue weighted by molar-refractivity contribution is 0.167. The summed E-state index contributed by atoms with van der Waals surface area (Å²) in [6.45, 7) is 3.76. The summed E-state index contributed by atoms with van der Waals surface area (Å²) in [5.41, 5.74) is 0.678. The molecule has 0 bridgehead atoms. The Bertz CT molecular complexity index is 323. The predicted molar refractivity (Wildman–Crippen MR) is 52.4 cm³/mol. The Balaban J connectivity index is 2.71. The zero-order chi connectivity index (χ0) is 10.6. The molecule has 0 aromatic carbocycles. The van der Waals surface area contributed by atoms with Gasteiger partial charge in [0.1, 0.15) is 5.15 Å². The average molecular weight is 216 g/mol. The summed E-state index contributed by atoms with van der Waals surface area (Å²) >= 11 is 5.67. The van der Waals surface area contributed by atoms with E-state index in [1.165, 1.54) is 0 Å². The molecule has 0 atom stereocenters. The van der Waals surface area contributed by atoms with E-state index in [0.29, 0.717) is 12.3 Å². The van der Waals surface area contributed by atoms with Crippen molar-refractivity contribution in [1.29, 1.82) is 0 Å². The quantitative estimate of drug-likeness (QED) is 0.767. The molecule has 14 heavy (non-hydrogen) atoms. The van der Waals surface area contributed by atoms with Gasteiger partial charge in [-0.3, -0.25) is 5.32 Å². The summed E-state index contributed by atoms with van der Waals surface area (Å²) in [4.78, 5) is 18.7. The van der Waals surface area contributed by atoms with E-state index in [0.717, 1.165) is 0 Å². The summed E-state index contributed by atoms with van der Waals surface area (Å²) in [7, 11) is 0. The summed E-state index contributed by atoms with van der Waals surface area (Å²) < 4.78 is 4.65. The fraction of sp³-hybridized carbons (Fsp3) is 0.375. The van der Waals surface area contributed by atoms with Gasteiger partial charge in [0, 0.05) is 5.69 Å². The molecule has 1 aromatic heterocycles. The number of hydrogen-bond donors (Lipinski definition) is 1. The van der Waals surface area contributed by atoms with Crippen LogP contribution in [0.15, 0.2) is 6.07 Å². The van der Waals surface area contributed by atoms with E-state index in [-0.39, 0.29) is 11.1 Å². The normalized spacial score (nSPS) is 9.64. The van der Waals surface area contributed by atoms with E-state index in [1.54, 1.807) is 19.9 Å². The second kappa shape index (κ2) is 4.76. The molecule has 0 aliphatic heterocycles. The van der Waals surface area contributed by atoms with Gasteiger partial charge in [-0.05, 0) is 19.9 Å². The highest BCUT2D eigenvalue weighted by Crippen LogP contribution is 2.09. The number of nitrogens with zero attached hydrogens (tertiary/aromatic N) is 2. The molecular formula is C8H10ClN3O2. The monoisotopic (exact) mass is 215 g/mol. The van der Waals surface area contributed by atoms with Crippen molar-refractivity contribution in [2.45, 2.75) is 13.8 Å². The van der Waals surface area contributed by atoms with Crippen LogP contribution >= 0.6 is 11.6 Å². The number of rotatable bonds is 2. The van der Waals surface area contributed by atoms with Crippen LogP contribution in [0.4, 0.5) is 10.7 Å². The van der Waals surface area contributed by atoms with Crippen molar-refractivity contribution in [2.24, 2.45) is 0 Å². The van der Waals surface area contributed by atoms with E-state index in [2.05, 4.69) is 20.0 Å². The molecule has 0 unspecified atom stereocenters. The van der Waals surface area contributed by atoms with Crippen LogP contribution in [-0.2, 0) is 4.74 Å². The van der Waals surface area contributed by atoms with Crippen molar-refractivity contribution in [2.75, 3.05) is 11.9 Å². The number of nitrogens with one attached hydrogen (secondary N) is 1. The number of hydrogen-bond acceptors (Lipinski definition) is 4. The van der Waals surface area contributed by atoms with Gasteiger partial charge in [-0.2, -0.15) is 0 Å². The Hall–Kier alpha value is -1.36. The van der Waals surface area contributed by atoms with Crippen molar-refractivity contribution in [3.05, 3.63) is 16.9 Å². The molecule has 0 saturated heterocycles. The van der Waals surface area contributed by atoms with Gasteiger partial charge in [-0.15, -0.1) is 0 Å². The Morgan fingerprint density at radius 3 is 2.93 bits per heavy atom. The number of halogens is 1. The molecule has 0 aliphatic carbocycles. The van der Waals surface area contributed by atoms with Crippen molar-refractivity contribution in [3.63, 3.8) is 0 Å². The van der Waals surface area contributed by atoms with Crippen LogP contribution in [0, 0.1) is 6.92 Å². The first-order chi connectivity index (χ1) is 6.61. The topological polar surface area (TPSA) is 64.1 Å². The second-order valence-electron chi connectivity index (χ2n) is 2.50. The predicted octanol–water partition coefficient (Wildman–Crippen LogP) is 2.01. The number of carbonyl (C=O) groups excluding carboxylic acids is 1. The summed E-state index contributed by atoms with van der Waals surface area (Å²) in [6.07, 6.45) is -0.589. The van der Waals surface area contributed by atoms with Crippen LogP contribution in [0.2, 0.25) is 5.15 Å². The molecule has 0 spiro atoms. The molecule has 1 amide bonds. The minimum atomic E-state index is -0.589. The first-order valence-electron chi connectivity index (χ1n) is 4.06. The molecule has 1 heterocycles.